The molecule has 0 aliphatic heterocycles. The summed E-state index contributed by atoms with van der Waals surface area (Å²) in [6.45, 7) is 0. The molecule has 0 saturated carbocycles. The zero-order valence-electron chi connectivity index (χ0n) is 8.47. The van der Waals surface area contributed by atoms with E-state index in [0.29, 0.717) is 0 Å². The number of hydrogen-bond donors (Lipinski definition) is 0. The summed E-state index contributed by atoms with van der Waals surface area (Å²) in [5.41, 5.74) is 1.80. The molecule has 16 heavy (non-hydrogen) atoms. The molecule has 0 atom stereocenters. The maximum absolute atomic E-state index is 12.8. The van der Waals surface area contributed by atoms with Crippen molar-refractivity contribution in [2.24, 2.45) is 0 Å². The lowest BCUT2D eigenvalue weighted by Crippen LogP contribution is -1.93. The highest BCUT2D eigenvalue weighted by atomic mass is 19.1. The van der Waals surface area contributed by atoms with Crippen molar-refractivity contribution in [2.45, 2.75) is 0 Å². The summed E-state index contributed by atoms with van der Waals surface area (Å²) < 4.78 is 14.8. The summed E-state index contributed by atoms with van der Waals surface area (Å²) in [5.74, 6) is -0.229. The zero-order chi connectivity index (χ0) is 11.0. The molecule has 0 fully saturated rings. The smallest absolute Gasteiger partial charge is 0.144 e. The Morgan fingerprint density at radius 1 is 1.00 bits per heavy atom. The second-order valence-electron chi connectivity index (χ2n) is 3.58. The summed E-state index contributed by atoms with van der Waals surface area (Å²) in [4.78, 5) is 4.31. The Balaban J connectivity index is 2.22. The maximum atomic E-state index is 12.8. The fraction of sp³-hybridized carbons (Fsp3) is 0. The first-order valence-electron chi connectivity index (χ1n) is 5.02. The van der Waals surface area contributed by atoms with Crippen LogP contribution in [-0.4, -0.2) is 9.55 Å². The highest BCUT2D eigenvalue weighted by Crippen LogP contribution is 2.18. The first-order chi connectivity index (χ1) is 7.84. The van der Waals surface area contributed by atoms with Crippen LogP contribution in [0.15, 0.2) is 54.9 Å². The predicted octanol–water partition coefficient (Wildman–Crippen LogP) is 3.16. The second-order valence-corrected chi connectivity index (χ2v) is 3.58. The van der Waals surface area contributed by atoms with Gasteiger partial charge in [0.05, 0.1) is 0 Å². The molecule has 0 amide bonds. The summed E-state index contributed by atoms with van der Waals surface area (Å²) in [7, 11) is 0. The Kier molecular flexibility index (Phi) is 1.96. The van der Waals surface area contributed by atoms with Crippen LogP contribution in [0.3, 0.4) is 0 Å². The summed E-state index contributed by atoms with van der Waals surface area (Å²) >= 11 is 0. The quantitative estimate of drug-likeness (QED) is 0.605. The standard InChI is InChI=1S/C13H9FN2/c14-11-3-5-12(6-4-11)16-9-7-10-2-1-8-15-13(10)16/h1-9H. The molecule has 2 heterocycles. The van der Waals surface area contributed by atoms with Crippen LogP contribution in [0.1, 0.15) is 0 Å². The molecule has 3 rings (SSSR count). The van der Waals surface area contributed by atoms with Gasteiger partial charge in [-0.1, -0.05) is 0 Å². The van der Waals surface area contributed by atoms with E-state index >= 15 is 0 Å². The highest BCUT2D eigenvalue weighted by molar-refractivity contribution is 5.77. The highest BCUT2D eigenvalue weighted by Gasteiger charge is 2.03. The predicted molar refractivity (Wildman–Crippen MR) is 61.0 cm³/mol. The Bertz CT molecular complexity index is 626. The van der Waals surface area contributed by atoms with Crippen molar-refractivity contribution in [1.82, 2.24) is 9.55 Å². The van der Waals surface area contributed by atoms with Gasteiger partial charge >= 0.3 is 0 Å². The molecular formula is C13H9FN2. The minimum atomic E-state index is -0.229. The minimum Gasteiger partial charge on any atom is -0.301 e. The van der Waals surface area contributed by atoms with Crippen LogP contribution in [0, 0.1) is 5.82 Å². The van der Waals surface area contributed by atoms with Crippen molar-refractivity contribution in [3.63, 3.8) is 0 Å². The summed E-state index contributed by atoms with van der Waals surface area (Å²) in [5, 5.41) is 1.08. The Morgan fingerprint density at radius 2 is 1.81 bits per heavy atom. The number of rotatable bonds is 1. The molecule has 3 aromatic rings. The van der Waals surface area contributed by atoms with Gasteiger partial charge in [0.25, 0.3) is 0 Å². The van der Waals surface area contributed by atoms with Gasteiger partial charge in [-0.25, -0.2) is 9.37 Å². The summed E-state index contributed by atoms with van der Waals surface area (Å²) in [6, 6.07) is 12.3. The van der Waals surface area contributed by atoms with E-state index in [1.54, 1.807) is 18.3 Å². The molecular weight excluding hydrogens is 203 g/mol. The second kappa shape index (κ2) is 3.45. The fourth-order valence-electron chi connectivity index (χ4n) is 1.78. The SMILES string of the molecule is Fc1ccc(-n2ccc3cccnc32)cc1. The van der Waals surface area contributed by atoms with Crippen LogP contribution in [0.2, 0.25) is 0 Å². The molecule has 0 aliphatic rings. The molecule has 2 nitrogen and oxygen atoms in total. The zero-order valence-corrected chi connectivity index (χ0v) is 8.47. The van der Waals surface area contributed by atoms with Crippen LogP contribution in [0.25, 0.3) is 16.7 Å². The molecule has 0 unspecified atom stereocenters. The maximum Gasteiger partial charge on any atom is 0.144 e. The van der Waals surface area contributed by atoms with Crippen LogP contribution >= 0.6 is 0 Å². The Labute approximate surface area is 92.0 Å². The number of fused-ring (bicyclic) bond motifs is 1. The third-order valence-electron chi connectivity index (χ3n) is 2.55. The first-order valence-corrected chi connectivity index (χ1v) is 5.02. The van der Waals surface area contributed by atoms with Crippen molar-refractivity contribution >= 4 is 11.0 Å². The fourth-order valence-corrected chi connectivity index (χ4v) is 1.78. The van der Waals surface area contributed by atoms with Gasteiger partial charge in [0.2, 0.25) is 0 Å². The molecule has 0 N–H and O–H groups in total. The molecule has 1 aromatic carbocycles. The topological polar surface area (TPSA) is 17.8 Å². The van der Waals surface area contributed by atoms with E-state index in [9.17, 15) is 4.39 Å². The average Bonchev–Trinajstić information content (AvgIpc) is 2.74. The largest absolute Gasteiger partial charge is 0.301 e. The molecule has 2 aromatic heterocycles. The first kappa shape index (κ1) is 9.09. The van der Waals surface area contributed by atoms with E-state index in [1.165, 1.54) is 12.1 Å². The van der Waals surface area contributed by atoms with E-state index in [2.05, 4.69) is 4.98 Å². The minimum absolute atomic E-state index is 0.229. The lowest BCUT2D eigenvalue weighted by atomic mass is 10.3. The van der Waals surface area contributed by atoms with Crippen molar-refractivity contribution in [3.05, 3.63) is 60.7 Å². The van der Waals surface area contributed by atoms with Crippen LogP contribution in [0.4, 0.5) is 4.39 Å². The normalized spacial score (nSPS) is 10.8. The number of halogens is 1. The lowest BCUT2D eigenvalue weighted by Gasteiger charge is -2.03. The van der Waals surface area contributed by atoms with E-state index in [0.717, 1.165) is 16.7 Å². The van der Waals surface area contributed by atoms with E-state index in [4.69, 9.17) is 0 Å². The third-order valence-corrected chi connectivity index (χ3v) is 2.55. The third kappa shape index (κ3) is 1.37. The Hall–Kier alpha value is -2.16. The van der Waals surface area contributed by atoms with Gasteiger partial charge < -0.3 is 4.57 Å². The average molecular weight is 212 g/mol. The number of benzene rings is 1. The number of hydrogen-bond acceptors (Lipinski definition) is 1. The van der Waals surface area contributed by atoms with Crippen LogP contribution in [-0.2, 0) is 0 Å². The van der Waals surface area contributed by atoms with Gasteiger partial charge in [-0.15, -0.1) is 0 Å². The molecule has 3 heteroatoms. The van der Waals surface area contributed by atoms with Gasteiger partial charge in [-0.05, 0) is 42.5 Å². The number of pyridine rings is 1. The van der Waals surface area contributed by atoms with Crippen molar-refractivity contribution in [2.75, 3.05) is 0 Å². The molecule has 78 valence electrons. The van der Waals surface area contributed by atoms with Crippen LogP contribution < -0.4 is 0 Å². The van der Waals surface area contributed by atoms with Crippen molar-refractivity contribution in [1.29, 1.82) is 0 Å². The monoisotopic (exact) mass is 212 g/mol. The Morgan fingerprint density at radius 3 is 2.62 bits per heavy atom. The molecule has 0 spiro atoms. The van der Waals surface area contributed by atoms with Gasteiger partial charge in [-0.2, -0.15) is 0 Å². The molecule has 0 aliphatic carbocycles. The number of nitrogens with zero attached hydrogens (tertiary/aromatic N) is 2. The van der Waals surface area contributed by atoms with Gasteiger partial charge in [0, 0.05) is 23.5 Å². The van der Waals surface area contributed by atoms with Gasteiger partial charge in [0.15, 0.2) is 0 Å². The van der Waals surface area contributed by atoms with E-state index in [-0.39, 0.29) is 5.82 Å². The van der Waals surface area contributed by atoms with Gasteiger partial charge in [-0.3, -0.25) is 0 Å². The summed E-state index contributed by atoms with van der Waals surface area (Å²) in [6.07, 6.45) is 3.69. The van der Waals surface area contributed by atoms with E-state index in [1.807, 2.05) is 29.0 Å². The lowest BCUT2D eigenvalue weighted by molar-refractivity contribution is 0.627. The number of aromatic nitrogens is 2. The van der Waals surface area contributed by atoms with Crippen LogP contribution in [0.5, 0.6) is 0 Å². The van der Waals surface area contributed by atoms with Crippen molar-refractivity contribution in [3.8, 4) is 5.69 Å². The molecule has 0 radical (unpaired) electrons. The molecule has 0 bridgehead atoms. The van der Waals surface area contributed by atoms with Gasteiger partial charge in [0.1, 0.15) is 11.5 Å². The molecule has 0 saturated heterocycles. The van der Waals surface area contributed by atoms with Crippen molar-refractivity contribution < 1.29 is 4.39 Å². The van der Waals surface area contributed by atoms with E-state index < -0.39 is 0 Å².